The number of hydrazone groups is 1. The molecule has 1 N–H and O–H groups in total. The molecular weight excluding hydrogens is 291 g/mol. The highest BCUT2D eigenvalue weighted by molar-refractivity contribution is 6.69. The van der Waals surface area contributed by atoms with Gasteiger partial charge in [0, 0.05) is 10.6 Å². The molecule has 0 radical (unpaired) electrons. The van der Waals surface area contributed by atoms with Crippen LogP contribution in [-0.4, -0.2) is 5.17 Å². The summed E-state index contributed by atoms with van der Waals surface area (Å²) in [5.41, 5.74) is 4.28. The highest BCUT2D eigenvalue weighted by Gasteiger charge is 2.01. The van der Waals surface area contributed by atoms with Crippen molar-refractivity contribution in [3.05, 3.63) is 64.1 Å². The van der Waals surface area contributed by atoms with Crippen LogP contribution < -0.4 is 5.43 Å². The standard InChI is InChI=1S/C13H9Cl3N2/c14-10-6-7-12(11(15)8-10)17-18-13(16)9-4-2-1-3-5-9/h1-8,17H/b18-13-. The second-order valence-electron chi connectivity index (χ2n) is 3.50. The summed E-state index contributed by atoms with van der Waals surface area (Å²) in [7, 11) is 0. The zero-order valence-corrected chi connectivity index (χ0v) is 11.5. The Balaban J connectivity index is 2.15. The summed E-state index contributed by atoms with van der Waals surface area (Å²) < 4.78 is 0. The van der Waals surface area contributed by atoms with Crippen molar-refractivity contribution >= 4 is 45.7 Å². The van der Waals surface area contributed by atoms with E-state index in [-0.39, 0.29) is 0 Å². The lowest BCUT2D eigenvalue weighted by Crippen LogP contribution is -1.97. The highest BCUT2D eigenvalue weighted by Crippen LogP contribution is 2.25. The van der Waals surface area contributed by atoms with E-state index in [1.54, 1.807) is 18.2 Å². The Kier molecular flexibility index (Phi) is 4.48. The molecule has 0 aliphatic rings. The Morgan fingerprint density at radius 2 is 1.72 bits per heavy atom. The van der Waals surface area contributed by atoms with Crippen molar-refractivity contribution in [3.8, 4) is 0 Å². The maximum absolute atomic E-state index is 6.06. The molecule has 0 aliphatic carbocycles. The van der Waals surface area contributed by atoms with Crippen LogP contribution in [0, 0.1) is 0 Å². The lowest BCUT2D eigenvalue weighted by atomic mass is 10.2. The molecular formula is C13H9Cl3N2. The van der Waals surface area contributed by atoms with Gasteiger partial charge in [-0.05, 0) is 18.2 Å². The number of hydrogen-bond donors (Lipinski definition) is 1. The van der Waals surface area contributed by atoms with E-state index in [4.69, 9.17) is 34.8 Å². The minimum atomic E-state index is 0.363. The van der Waals surface area contributed by atoms with Gasteiger partial charge in [0.25, 0.3) is 0 Å². The number of nitrogens with zero attached hydrogens (tertiary/aromatic N) is 1. The lowest BCUT2D eigenvalue weighted by Gasteiger charge is -2.04. The summed E-state index contributed by atoms with van der Waals surface area (Å²) in [5, 5.41) is 5.48. The molecule has 0 saturated heterocycles. The first-order valence-corrected chi connectivity index (χ1v) is 6.30. The largest absolute Gasteiger partial charge is 0.276 e. The lowest BCUT2D eigenvalue weighted by molar-refractivity contribution is 1.34. The molecule has 0 bridgehead atoms. The van der Waals surface area contributed by atoms with Crippen molar-refractivity contribution in [2.45, 2.75) is 0 Å². The smallest absolute Gasteiger partial charge is 0.156 e. The molecule has 0 aromatic heterocycles. The number of benzene rings is 2. The molecule has 0 atom stereocenters. The summed E-state index contributed by atoms with van der Waals surface area (Å²) in [6.45, 7) is 0. The van der Waals surface area contributed by atoms with E-state index < -0.39 is 0 Å². The van der Waals surface area contributed by atoms with Gasteiger partial charge in [0.2, 0.25) is 0 Å². The van der Waals surface area contributed by atoms with Crippen LogP contribution in [-0.2, 0) is 0 Å². The molecule has 0 aliphatic heterocycles. The molecule has 18 heavy (non-hydrogen) atoms. The molecule has 5 heteroatoms. The van der Waals surface area contributed by atoms with Gasteiger partial charge in [-0.3, -0.25) is 5.43 Å². The summed E-state index contributed by atoms with van der Waals surface area (Å²) in [6.07, 6.45) is 0. The minimum absolute atomic E-state index is 0.363. The van der Waals surface area contributed by atoms with Crippen LogP contribution in [0.3, 0.4) is 0 Å². The Morgan fingerprint density at radius 3 is 2.39 bits per heavy atom. The first-order chi connectivity index (χ1) is 8.66. The Morgan fingerprint density at radius 1 is 1.00 bits per heavy atom. The van der Waals surface area contributed by atoms with Gasteiger partial charge in [0.1, 0.15) is 0 Å². The maximum atomic E-state index is 6.06. The van der Waals surface area contributed by atoms with E-state index in [1.807, 2.05) is 30.3 Å². The number of anilines is 1. The first-order valence-electron chi connectivity index (χ1n) is 5.16. The molecule has 0 saturated carbocycles. The topological polar surface area (TPSA) is 24.4 Å². The number of hydrogen-bond acceptors (Lipinski definition) is 2. The zero-order chi connectivity index (χ0) is 13.0. The van der Waals surface area contributed by atoms with E-state index in [1.165, 1.54) is 0 Å². The zero-order valence-electron chi connectivity index (χ0n) is 9.20. The molecule has 2 nitrogen and oxygen atoms in total. The van der Waals surface area contributed by atoms with Gasteiger partial charge >= 0.3 is 0 Å². The maximum Gasteiger partial charge on any atom is 0.156 e. The molecule has 2 rings (SSSR count). The van der Waals surface area contributed by atoms with Gasteiger partial charge in [-0.2, -0.15) is 5.10 Å². The van der Waals surface area contributed by atoms with E-state index >= 15 is 0 Å². The number of halogens is 3. The third kappa shape index (κ3) is 3.39. The Bertz CT molecular complexity index is 568. The summed E-state index contributed by atoms with van der Waals surface area (Å²) >= 11 is 17.9. The normalized spacial score (nSPS) is 11.4. The molecule has 0 fully saturated rings. The van der Waals surface area contributed by atoms with Gasteiger partial charge in [-0.15, -0.1) is 0 Å². The third-order valence-corrected chi connectivity index (χ3v) is 3.07. The van der Waals surface area contributed by atoms with Crippen molar-refractivity contribution in [3.63, 3.8) is 0 Å². The molecule has 0 heterocycles. The van der Waals surface area contributed by atoms with Crippen molar-refractivity contribution < 1.29 is 0 Å². The van der Waals surface area contributed by atoms with Crippen molar-refractivity contribution in [2.75, 3.05) is 5.43 Å². The van der Waals surface area contributed by atoms with Crippen LogP contribution in [0.15, 0.2) is 53.6 Å². The predicted octanol–water partition coefficient (Wildman–Crippen LogP) is 5.01. The van der Waals surface area contributed by atoms with Gasteiger partial charge in [-0.1, -0.05) is 65.1 Å². The summed E-state index contributed by atoms with van der Waals surface area (Å²) in [4.78, 5) is 0. The first kappa shape index (κ1) is 13.2. The minimum Gasteiger partial charge on any atom is -0.276 e. The fourth-order valence-electron chi connectivity index (χ4n) is 1.33. The van der Waals surface area contributed by atoms with Gasteiger partial charge in [0.05, 0.1) is 10.7 Å². The van der Waals surface area contributed by atoms with Crippen LogP contribution in [0.5, 0.6) is 0 Å². The van der Waals surface area contributed by atoms with Crippen LogP contribution in [0.1, 0.15) is 5.56 Å². The monoisotopic (exact) mass is 298 g/mol. The van der Waals surface area contributed by atoms with Crippen molar-refractivity contribution in [1.29, 1.82) is 0 Å². The van der Waals surface area contributed by atoms with Gasteiger partial charge in [-0.25, -0.2) is 0 Å². The highest BCUT2D eigenvalue weighted by atomic mass is 35.5. The number of nitrogens with one attached hydrogen (secondary N) is 1. The Hall–Kier alpha value is -1.22. The quantitative estimate of drug-likeness (QED) is 0.625. The third-order valence-electron chi connectivity index (χ3n) is 2.22. The molecule has 2 aromatic carbocycles. The van der Waals surface area contributed by atoms with Crippen molar-refractivity contribution in [2.24, 2.45) is 5.10 Å². The molecule has 0 amide bonds. The second-order valence-corrected chi connectivity index (χ2v) is 4.71. The summed E-state index contributed by atoms with van der Waals surface area (Å²) in [6, 6.07) is 14.5. The fraction of sp³-hybridized carbons (Fsp3) is 0. The van der Waals surface area contributed by atoms with Crippen LogP contribution in [0.2, 0.25) is 10.0 Å². The van der Waals surface area contributed by atoms with Crippen LogP contribution in [0.25, 0.3) is 0 Å². The molecule has 0 unspecified atom stereocenters. The van der Waals surface area contributed by atoms with Crippen LogP contribution >= 0.6 is 34.8 Å². The average molecular weight is 300 g/mol. The molecule has 0 spiro atoms. The van der Waals surface area contributed by atoms with Gasteiger partial charge < -0.3 is 0 Å². The van der Waals surface area contributed by atoms with Crippen molar-refractivity contribution in [1.82, 2.24) is 0 Å². The van der Waals surface area contributed by atoms with E-state index in [0.717, 1.165) is 5.56 Å². The molecule has 92 valence electrons. The number of rotatable bonds is 3. The average Bonchev–Trinajstić information content (AvgIpc) is 2.38. The van der Waals surface area contributed by atoms with Crippen LogP contribution in [0.4, 0.5) is 5.69 Å². The fourth-order valence-corrected chi connectivity index (χ4v) is 1.95. The molecule has 2 aromatic rings. The van der Waals surface area contributed by atoms with E-state index in [2.05, 4.69) is 10.5 Å². The predicted molar refractivity (Wildman–Crippen MR) is 78.9 cm³/mol. The summed E-state index contributed by atoms with van der Waals surface area (Å²) in [5.74, 6) is 0. The van der Waals surface area contributed by atoms with E-state index in [0.29, 0.717) is 20.9 Å². The van der Waals surface area contributed by atoms with E-state index in [9.17, 15) is 0 Å². The van der Waals surface area contributed by atoms with Gasteiger partial charge in [0.15, 0.2) is 5.17 Å². The Labute approximate surface area is 120 Å². The second kappa shape index (κ2) is 6.10. The SMILES string of the molecule is Cl/C(=N\Nc1ccc(Cl)cc1Cl)c1ccccc1.